The van der Waals surface area contributed by atoms with Crippen molar-refractivity contribution in [1.82, 2.24) is 9.55 Å². The predicted octanol–water partition coefficient (Wildman–Crippen LogP) is 3.22. The SMILES string of the molecule is Nc1ccc2c(c1)nc(C1CCC1)n2C1CC1. The number of nitrogens with zero attached hydrogens (tertiary/aromatic N) is 2. The molecule has 0 unspecified atom stereocenters. The number of aromatic nitrogens is 2. The lowest BCUT2D eigenvalue weighted by atomic mass is 9.85. The lowest BCUT2D eigenvalue weighted by Gasteiger charge is -2.25. The van der Waals surface area contributed by atoms with E-state index in [-0.39, 0.29) is 0 Å². The van der Waals surface area contributed by atoms with Crippen molar-refractivity contribution in [3.8, 4) is 0 Å². The molecule has 3 nitrogen and oxygen atoms in total. The largest absolute Gasteiger partial charge is 0.399 e. The molecule has 3 heteroatoms. The highest BCUT2D eigenvalue weighted by atomic mass is 15.1. The molecule has 2 aliphatic rings. The second kappa shape index (κ2) is 3.25. The summed E-state index contributed by atoms with van der Waals surface area (Å²) in [5, 5.41) is 0. The Bertz CT molecular complexity index is 576. The Hall–Kier alpha value is -1.51. The van der Waals surface area contributed by atoms with Crippen molar-refractivity contribution in [3.63, 3.8) is 0 Å². The number of hydrogen-bond acceptors (Lipinski definition) is 2. The van der Waals surface area contributed by atoms with E-state index in [1.165, 1.54) is 43.4 Å². The van der Waals surface area contributed by atoms with Crippen LogP contribution in [0.4, 0.5) is 5.69 Å². The molecule has 0 saturated heterocycles. The minimum Gasteiger partial charge on any atom is -0.399 e. The monoisotopic (exact) mass is 227 g/mol. The first-order valence-corrected chi connectivity index (χ1v) is 6.60. The number of benzene rings is 1. The van der Waals surface area contributed by atoms with E-state index in [4.69, 9.17) is 10.7 Å². The smallest absolute Gasteiger partial charge is 0.113 e. The molecule has 0 amide bonds. The van der Waals surface area contributed by atoms with Crippen LogP contribution in [0.3, 0.4) is 0 Å². The molecule has 1 aromatic heterocycles. The Morgan fingerprint density at radius 1 is 1.18 bits per heavy atom. The fourth-order valence-corrected chi connectivity index (χ4v) is 2.81. The summed E-state index contributed by atoms with van der Waals surface area (Å²) in [5.74, 6) is 2.02. The van der Waals surface area contributed by atoms with Gasteiger partial charge in [0.25, 0.3) is 0 Å². The molecular formula is C14H17N3. The Kier molecular flexibility index (Phi) is 1.82. The summed E-state index contributed by atoms with van der Waals surface area (Å²) in [6, 6.07) is 6.85. The number of nitrogens with two attached hydrogens (primary N) is 1. The van der Waals surface area contributed by atoms with Crippen molar-refractivity contribution in [1.29, 1.82) is 0 Å². The highest BCUT2D eigenvalue weighted by Gasteiger charge is 2.32. The summed E-state index contributed by atoms with van der Waals surface area (Å²) in [7, 11) is 0. The van der Waals surface area contributed by atoms with Gasteiger partial charge in [-0.25, -0.2) is 4.98 Å². The predicted molar refractivity (Wildman–Crippen MR) is 69.0 cm³/mol. The zero-order valence-corrected chi connectivity index (χ0v) is 9.89. The molecule has 2 N–H and O–H groups in total. The van der Waals surface area contributed by atoms with Gasteiger partial charge < -0.3 is 10.3 Å². The Morgan fingerprint density at radius 3 is 2.65 bits per heavy atom. The molecule has 0 spiro atoms. The normalized spacial score (nSPS) is 20.7. The van der Waals surface area contributed by atoms with Crippen LogP contribution < -0.4 is 5.73 Å². The molecule has 2 aromatic rings. The standard InChI is InChI=1S/C14H17N3/c15-10-4-7-13-12(8-10)16-14(9-2-1-3-9)17(13)11-5-6-11/h4,7-9,11H,1-3,5-6,15H2. The maximum atomic E-state index is 5.85. The Balaban J connectivity index is 1.94. The van der Waals surface area contributed by atoms with Gasteiger partial charge in [-0.3, -0.25) is 0 Å². The number of nitrogen functional groups attached to an aromatic ring is 1. The molecule has 0 radical (unpaired) electrons. The Morgan fingerprint density at radius 2 is 2.00 bits per heavy atom. The molecule has 1 heterocycles. The molecule has 0 aliphatic heterocycles. The third kappa shape index (κ3) is 1.38. The van der Waals surface area contributed by atoms with Crippen LogP contribution >= 0.6 is 0 Å². The molecule has 88 valence electrons. The second-order valence-electron chi connectivity index (χ2n) is 5.45. The first-order valence-electron chi connectivity index (χ1n) is 6.60. The van der Waals surface area contributed by atoms with Crippen LogP contribution in [0.5, 0.6) is 0 Å². The van der Waals surface area contributed by atoms with Crippen LogP contribution in [-0.4, -0.2) is 9.55 Å². The van der Waals surface area contributed by atoms with E-state index < -0.39 is 0 Å². The first-order chi connectivity index (χ1) is 8.33. The molecule has 17 heavy (non-hydrogen) atoms. The van der Waals surface area contributed by atoms with E-state index in [9.17, 15) is 0 Å². The Labute approximate surface area is 101 Å². The van der Waals surface area contributed by atoms with Crippen molar-refractivity contribution in [3.05, 3.63) is 24.0 Å². The summed E-state index contributed by atoms with van der Waals surface area (Å²) in [6.07, 6.45) is 6.61. The molecular weight excluding hydrogens is 210 g/mol. The van der Waals surface area contributed by atoms with Crippen molar-refractivity contribution >= 4 is 16.7 Å². The summed E-state index contributed by atoms with van der Waals surface area (Å²) in [5.41, 5.74) is 9.03. The van der Waals surface area contributed by atoms with E-state index in [2.05, 4.69) is 10.6 Å². The van der Waals surface area contributed by atoms with Crippen molar-refractivity contribution < 1.29 is 0 Å². The van der Waals surface area contributed by atoms with Gasteiger partial charge in [0.1, 0.15) is 5.82 Å². The third-order valence-electron chi connectivity index (χ3n) is 4.12. The van der Waals surface area contributed by atoms with Crippen molar-refractivity contribution in [2.45, 2.75) is 44.1 Å². The lowest BCUT2D eigenvalue weighted by molar-refractivity contribution is 0.389. The number of anilines is 1. The van der Waals surface area contributed by atoms with Gasteiger partial charge in [0, 0.05) is 17.6 Å². The van der Waals surface area contributed by atoms with Gasteiger partial charge >= 0.3 is 0 Å². The van der Waals surface area contributed by atoms with E-state index >= 15 is 0 Å². The van der Waals surface area contributed by atoms with Crippen molar-refractivity contribution in [2.24, 2.45) is 0 Å². The van der Waals surface area contributed by atoms with E-state index in [1.807, 2.05) is 12.1 Å². The maximum Gasteiger partial charge on any atom is 0.113 e. The summed E-state index contributed by atoms with van der Waals surface area (Å²) < 4.78 is 2.48. The fourth-order valence-electron chi connectivity index (χ4n) is 2.81. The zero-order chi connectivity index (χ0) is 11.4. The van der Waals surface area contributed by atoms with Crippen molar-refractivity contribution in [2.75, 3.05) is 5.73 Å². The van der Waals surface area contributed by atoms with Crippen LogP contribution in [0.15, 0.2) is 18.2 Å². The lowest BCUT2D eigenvalue weighted by Crippen LogP contribution is -2.14. The number of rotatable bonds is 2. The fraction of sp³-hybridized carbons (Fsp3) is 0.500. The summed E-state index contributed by atoms with van der Waals surface area (Å²) >= 11 is 0. The minimum atomic E-state index is 0.698. The average Bonchev–Trinajstić information content (AvgIpc) is 2.98. The second-order valence-corrected chi connectivity index (χ2v) is 5.45. The first kappa shape index (κ1) is 9.51. The highest BCUT2D eigenvalue weighted by molar-refractivity contribution is 5.80. The quantitative estimate of drug-likeness (QED) is 0.800. The number of fused-ring (bicyclic) bond motifs is 1. The molecule has 0 bridgehead atoms. The van der Waals surface area contributed by atoms with Gasteiger partial charge in [0.2, 0.25) is 0 Å². The van der Waals surface area contributed by atoms with Crippen LogP contribution in [0.1, 0.15) is 49.9 Å². The highest BCUT2D eigenvalue weighted by Crippen LogP contribution is 2.44. The van der Waals surface area contributed by atoms with Crippen LogP contribution in [-0.2, 0) is 0 Å². The topological polar surface area (TPSA) is 43.8 Å². The van der Waals surface area contributed by atoms with E-state index in [1.54, 1.807) is 0 Å². The number of hydrogen-bond donors (Lipinski definition) is 1. The van der Waals surface area contributed by atoms with Gasteiger partial charge in [-0.2, -0.15) is 0 Å². The molecule has 1 aromatic carbocycles. The molecule has 4 rings (SSSR count). The van der Waals surface area contributed by atoms with Gasteiger partial charge in [0.05, 0.1) is 11.0 Å². The molecule has 0 atom stereocenters. The van der Waals surface area contributed by atoms with Crippen LogP contribution in [0.2, 0.25) is 0 Å². The molecule has 2 fully saturated rings. The summed E-state index contributed by atoms with van der Waals surface area (Å²) in [6.45, 7) is 0. The van der Waals surface area contributed by atoms with Gasteiger partial charge in [-0.1, -0.05) is 6.42 Å². The average molecular weight is 227 g/mol. The maximum absolute atomic E-state index is 5.85. The third-order valence-corrected chi connectivity index (χ3v) is 4.12. The zero-order valence-electron chi connectivity index (χ0n) is 9.89. The van der Waals surface area contributed by atoms with Gasteiger partial charge in [-0.05, 0) is 43.9 Å². The van der Waals surface area contributed by atoms with Gasteiger partial charge in [-0.15, -0.1) is 0 Å². The van der Waals surface area contributed by atoms with Crippen LogP contribution in [0, 0.1) is 0 Å². The minimum absolute atomic E-state index is 0.698. The number of imidazole rings is 1. The molecule has 2 aliphatic carbocycles. The van der Waals surface area contributed by atoms with E-state index in [0.717, 1.165) is 11.2 Å². The van der Waals surface area contributed by atoms with Gasteiger partial charge in [0.15, 0.2) is 0 Å². The van der Waals surface area contributed by atoms with Crippen LogP contribution in [0.25, 0.3) is 11.0 Å². The summed E-state index contributed by atoms with van der Waals surface area (Å²) in [4.78, 5) is 4.84. The molecule has 2 saturated carbocycles. The van der Waals surface area contributed by atoms with E-state index in [0.29, 0.717) is 12.0 Å².